The predicted molar refractivity (Wildman–Crippen MR) is 197 cm³/mol. The number of benzene rings is 3. The van der Waals surface area contributed by atoms with E-state index in [0.29, 0.717) is 28.6 Å². The van der Waals surface area contributed by atoms with E-state index >= 15 is 0 Å². The summed E-state index contributed by atoms with van der Waals surface area (Å²) in [5.41, 5.74) is 8.19. The molecule has 53 heavy (non-hydrogen) atoms. The van der Waals surface area contributed by atoms with Gasteiger partial charge in [-0.2, -0.15) is 0 Å². The zero-order chi connectivity index (χ0) is 38.8. The Kier molecular flexibility index (Phi) is 10.7. The van der Waals surface area contributed by atoms with Crippen LogP contribution in [0.3, 0.4) is 0 Å². The van der Waals surface area contributed by atoms with Gasteiger partial charge in [-0.3, -0.25) is 44.0 Å². The molecular formula is C37H42N8O8. The molecule has 1 unspecified atom stereocenters. The Morgan fingerprint density at radius 3 is 2.30 bits per heavy atom. The van der Waals surface area contributed by atoms with Crippen LogP contribution in [0, 0.1) is 0 Å². The van der Waals surface area contributed by atoms with Gasteiger partial charge in [0, 0.05) is 29.5 Å². The summed E-state index contributed by atoms with van der Waals surface area (Å²) in [5.74, 6) is 3.61. The molecule has 3 aromatic carbocycles. The number of allylic oxidation sites excluding steroid dienone is 1. The molecule has 1 saturated heterocycles. The SMILES string of the molecule is COc1ccc(OC)c(N(N)/C(C)=C(\N)C(=O)Nc2cc(NC(=O)CNc3cccc4c3C(=O)N(C3CCC(=O)NC3=O)C4=O)cc(C(C)(C)C)c2)c1. The molecule has 278 valence electrons. The maximum absolute atomic E-state index is 13.4. The molecule has 0 radical (unpaired) electrons. The first-order valence-electron chi connectivity index (χ1n) is 16.6. The number of hydrogen-bond donors (Lipinski definition) is 6. The molecule has 0 aliphatic carbocycles. The van der Waals surface area contributed by atoms with Crippen LogP contribution < -0.4 is 47.3 Å². The highest BCUT2D eigenvalue weighted by molar-refractivity contribution is 6.25. The molecule has 2 aliphatic rings. The number of carbonyl (C=O) groups excluding carboxylic acids is 6. The van der Waals surface area contributed by atoms with Gasteiger partial charge in [0.2, 0.25) is 17.7 Å². The van der Waals surface area contributed by atoms with Crippen molar-refractivity contribution >= 4 is 58.2 Å². The summed E-state index contributed by atoms with van der Waals surface area (Å²) in [6.45, 7) is 7.20. The number of anilines is 4. The number of carbonyl (C=O) groups is 6. The van der Waals surface area contributed by atoms with Crippen molar-refractivity contribution in [2.24, 2.45) is 11.6 Å². The van der Waals surface area contributed by atoms with Crippen LogP contribution in [0.5, 0.6) is 11.5 Å². The van der Waals surface area contributed by atoms with E-state index in [2.05, 4.69) is 21.3 Å². The lowest BCUT2D eigenvalue weighted by Gasteiger charge is -2.27. The van der Waals surface area contributed by atoms with Crippen LogP contribution in [-0.4, -0.2) is 67.1 Å². The first-order valence-corrected chi connectivity index (χ1v) is 16.6. The second-order valence-corrected chi connectivity index (χ2v) is 13.5. The predicted octanol–water partition coefficient (Wildman–Crippen LogP) is 2.96. The second kappa shape index (κ2) is 15.1. The molecule has 16 heteroatoms. The Morgan fingerprint density at radius 2 is 1.66 bits per heavy atom. The van der Waals surface area contributed by atoms with Crippen LogP contribution in [0.2, 0.25) is 0 Å². The number of piperidine rings is 1. The number of hydrazine groups is 1. The summed E-state index contributed by atoms with van der Waals surface area (Å²) in [5, 5.41) is 11.9. The molecule has 1 atom stereocenters. The third-order valence-electron chi connectivity index (χ3n) is 8.89. The van der Waals surface area contributed by atoms with Gasteiger partial charge >= 0.3 is 0 Å². The Morgan fingerprint density at radius 1 is 0.962 bits per heavy atom. The van der Waals surface area contributed by atoms with E-state index in [9.17, 15) is 28.8 Å². The van der Waals surface area contributed by atoms with E-state index < -0.39 is 46.9 Å². The number of amides is 6. The maximum atomic E-state index is 13.4. The molecule has 6 amide bonds. The number of nitrogens with zero attached hydrogens (tertiary/aromatic N) is 2. The highest BCUT2D eigenvalue weighted by atomic mass is 16.5. The maximum Gasteiger partial charge on any atom is 0.273 e. The van der Waals surface area contributed by atoms with Gasteiger partial charge in [-0.15, -0.1) is 0 Å². The first-order chi connectivity index (χ1) is 25.0. The molecular weight excluding hydrogens is 684 g/mol. The van der Waals surface area contributed by atoms with Crippen molar-refractivity contribution in [3.05, 3.63) is 82.7 Å². The number of fused-ring (bicyclic) bond motifs is 1. The lowest BCUT2D eigenvalue weighted by Crippen LogP contribution is -2.54. The summed E-state index contributed by atoms with van der Waals surface area (Å²) in [6.07, 6.45) is 0.0106. The highest BCUT2D eigenvalue weighted by Gasteiger charge is 2.45. The average Bonchev–Trinajstić information content (AvgIpc) is 3.38. The van der Waals surface area contributed by atoms with E-state index in [1.165, 1.54) is 25.3 Å². The Labute approximate surface area is 305 Å². The fourth-order valence-electron chi connectivity index (χ4n) is 5.91. The minimum absolute atomic E-state index is 0.00710. The summed E-state index contributed by atoms with van der Waals surface area (Å²) in [4.78, 5) is 78.2. The summed E-state index contributed by atoms with van der Waals surface area (Å²) in [7, 11) is 2.99. The Bertz CT molecular complexity index is 2050. The van der Waals surface area contributed by atoms with Crippen LogP contribution in [0.4, 0.5) is 22.7 Å². The Balaban J connectivity index is 1.31. The van der Waals surface area contributed by atoms with Gasteiger partial charge < -0.3 is 31.2 Å². The number of nitrogens with two attached hydrogens (primary N) is 2. The smallest absolute Gasteiger partial charge is 0.273 e. The van der Waals surface area contributed by atoms with Crippen molar-refractivity contribution in [3.8, 4) is 11.5 Å². The number of hydrogen-bond acceptors (Lipinski definition) is 12. The average molecular weight is 727 g/mol. The first kappa shape index (κ1) is 37.8. The lowest BCUT2D eigenvalue weighted by molar-refractivity contribution is -0.136. The normalized spacial score (nSPS) is 16.0. The molecule has 0 bridgehead atoms. The van der Waals surface area contributed by atoms with Crippen molar-refractivity contribution < 1.29 is 38.2 Å². The Hall–Kier alpha value is -6.42. The topological polar surface area (TPSA) is 228 Å². The van der Waals surface area contributed by atoms with Crippen molar-refractivity contribution in [1.29, 1.82) is 0 Å². The van der Waals surface area contributed by atoms with Crippen LogP contribution in [0.1, 0.15) is 66.8 Å². The molecule has 8 N–H and O–H groups in total. The number of rotatable bonds is 11. The van der Waals surface area contributed by atoms with Gasteiger partial charge in [0.25, 0.3) is 17.7 Å². The van der Waals surface area contributed by atoms with E-state index in [0.717, 1.165) is 10.5 Å². The molecule has 3 aromatic rings. The molecule has 0 aromatic heterocycles. The lowest BCUT2D eigenvalue weighted by atomic mass is 9.86. The molecule has 5 rings (SSSR count). The van der Waals surface area contributed by atoms with Crippen molar-refractivity contribution in [2.45, 2.75) is 52.0 Å². The minimum atomic E-state index is -1.12. The third kappa shape index (κ3) is 7.92. The fraction of sp³-hybridized carbons (Fsp3) is 0.297. The minimum Gasteiger partial charge on any atom is -0.497 e. The molecule has 1 fully saturated rings. The number of imide groups is 2. The monoisotopic (exact) mass is 726 g/mol. The van der Waals surface area contributed by atoms with Crippen LogP contribution in [0.25, 0.3) is 0 Å². The number of ether oxygens (including phenoxy) is 2. The highest BCUT2D eigenvalue weighted by Crippen LogP contribution is 2.34. The van der Waals surface area contributed by atoms with Gasteiger partial charge in [0.05, 0.1) is 37.6 Å². The van der Waals surface area contributed by atoms with Crippen LogP contribution >= 0.6 is 0 Å². The van der Waals surface area contributed by atoms with Crippen LogP contribution in [0.15, 0.2) is 66.0 Å². The number of methoxy groups -OCH3 is 2. The fourth-order valence-corrected chi connectivity index (χ4v) is 5.91. The van der Waals surface area contributed by atoms with E-state index in [1.807, 2.05) is 20.8 Å². The van der Waals surface area contributed by atoms with Crippen molar-refractivity contribution in [1.82, 2.24) is 10.2 Å². The molecule has 2 aliphatic heterocycles. The van der Waals surface area contributed by atoms with E-state index in [-0.39, 0.29) is 47.6 Å². The third-order valence-corrected chi connectivity index (χ3v) is 8.89. The van der Waals surface area contributed by atoms with E-state index in [4.69, 9.17) is 21.1 Å². The summed E-state index contributed by atoms with van der Waals surface area (Å²) >= 11 is 0. The molecule has 0 spiro atoms. The summed E-state index contributed by atoms with van der Waals surface area (Å²) in [6, 6.07) is 13.6. The van der Waals surface area contributed by atoms with Gasteiger partial charge in [0.15, 0.2) is 0 Å². The van der Waals surface area contributed by atoms with Gasteiger partial charge in [-0.05, 0) is 66.8 Å². The van der Waals surface area contributed by atoms with Gasteiger partial charge in [-0.25, -0.2) is 5.84 Å². The largest absolute Gasteiger partial charge is 0.497 e. The quantitative estimate of drug-likeness (QED) is 0.0726. The van der Waals surface area contributed by atoms with Gasteiger partial charge in [0.1, 0.15) is 28.9 Å². The molecule has 0 saturated carbocycles. The van der Waals surface area contributed by atoms with Crippen molar-refractivity contribution in [3.63, 3.8) is 0 Å². The standard InChI is InChI=1S/C37H42N8O8/c1-19(45(39)27-17-23(52-5)10-12-28(27)53-6)32(38)34(49)42-22-15-20(37(2,3)4)14-21(16-22)41-30(47)18-40-25-9-7-8-24-31(25)36(51)44(35(24)50)26-11-13-29(46)43-33(26)48/h7-10,12,14-17,26,40H,11,13,18,38-39H2,1-6H3,(H,41,47)(H,42,49)(H,43,46,48)/b32-19-. The van der Waals surface area contributed by atoms with E-state index in [1.54, 1.807) is 55.5 Å². The van der Waals surface area contributed by atoms with Crippen molar-refractivity contribution in [2.75, 3.05) is 41.7 Å². The van der Waals surface area contributed by atoms with Crippen LogP contribution in [-0.2, 0) is 24.6 Å². The summed E-state index contributed by atoms with van der Waals surface area (Å²) < 4.78 is 10.7. The molecule has 2 heterocycles. The van der Waals surface area contributed by atoms with Gasteiger partial charge in [-0.1, -0.05) is 26.8 Å². The zero-order valence-electron chi connectivity index (χ0n) is 30.2. The number of nitrogens with one attached hydrogen (secondary N) is 4. The molecule has 16 nitrogen and oxygen atoms in total. The second-order valence-electron chi connectivity index (χ2n) is 13.5. The zero-order valence-corrected chi connectivity index (χ0v) is 30.2.